The molecular formula is C28H42. The topological polar surface area (TPSA) is 0 Å². The van der Waals surface area contributed by atoms with Gasteiger partial charge in [-0.2, -0.15) is 0 Å². The average molecular weight is 379 g/mol. The monoisotopic (exact) mass is 378 g/mol. The Labute approximate surface area is 175 Å². The van der Waals surface area contributed by atoms with E-state index in [0.717, 1.165) is 0 Å². The number of benzene rings is 2. The van der Waals surface area contributed by atoms with Crippen LogP contribution in [0.1, 0.15) is 80.6 Å². The third kappa shape index (κ3) is 5.75. The van der Waals surface area contributed by atoms with Crippen LogP contribution in [0.5, 0.6) is 0 Å². The smallest absolute Gasteiger partial charge is 0.00271 e. The highest BCUT2D eigenvalue weighted by Crippen LogP contribution is 2.25. The van der Waals surface area contributed by atoms with Crippen molar-refractivity contribution in [2.75, 3.05) is 0 Å². The standard InChI is InChI=1S/2C12H18.C4H6/c2*1-7-8(2)10(4)12(6)11(5)9(7)3;1-3-4-2/h2*1-6H3;1-2H3. The molecule has 0 heteroatoms. The Hall–Kier alpha value is -2.00. The highest BCUT2D eigenvalue weighted by atomic mass is 14.1. The molecule has 0 aliphatic rings. The Morgan fingerprint density at radius 1 is 0.250 bits per heavy atom. The van der Waals surface area contributed by atoms with Crippen molar-refractivity contribution in [1.29, 1.82) is 0 Å². The van der Waals surface area contributed by atoms with E-state index in [-0.39, 0.29) is 0 Å². The van der Waals surface area contributed by atoms with E-state index in [4.69, 9.17) is 0 Å². The first-order valence-electron chi connectivity index (χ1n) is 10.2. The van der Waals surface area contributed by atoms with Crippen LogP contribution in [0.2, 0.25) is 0 Å². The van der Waals surface area contributed by atoms with Gasteiger partial charge in [-0.1, -0.05) is 0 Å². The molecule has 0 aromatic heterocycles. The van der Waals surface area contributed by atoms with E-state index in [0.29, 0.717) is 0 Å². The summed E-state index contributed by atoms with van der Waals surface area (Å²) in [5, 5.41) is 0. The Balaban J connectivity index is 0.000000439. The third-order valence-electron chi connectivity index (χ3n) is 7.00. The van der Waals surface area contributed by atoms with Gasteiger partial charge in [0.15, 0.2) is 0 Å². The molecule has 28 heavy (non-hydrogen) atoms. The molecule has 2 aromatic rings. The second kappa shape index (κ2) is 11.1. The van der Waals surface area contributed by atoms with Gasteiger partial charge in [-0.05, 0) is 164 Å². The average Bonchev–Trinajstić information content (AvgIpc) is 2.71. The SMILES string of the molecule is CC#CC.Cc1c(C)c(C)c(C)c(C)c1C.Cc1c(C)c(C)c(C)c(C)c1C. The van der Waals surface area contributed by atoms with Crippen LogP contribution >= 0.6 is 0 Å². The molecule has 0 saturated carbocycles. The third-order valence-corrected chi connectivity index (χ3v) is 7.00. The van der Waals surface area contributed by atoms with Crippen LogP contribution in [0.25, 0.3) is 0 Å². The molecular weight excluding hydrogens is 336 g/mol. The highest BCUT2D eigenvalue weighted by Gasteiger charge is 2.08. The van der Waals surface area contributed by atoms with Crippen molar-refractivity contribution < 1.29 is 0 Å². The number of rotatable bonds is 0. The second-order valence-electron chi connectivity index (χ2n) is 8.00. The van der Waals surface area contributed by atoms with Crippen LogP contribution in [0.4, 0.5) is 0 Å². The summed E-state index contributed by atoms with van der Waals surface area (Å²) in [7, 11) is 0. The van der Waals surface area contributed by atoms with Crippen molar-refractivity contribution in [2.45, 2.75) is 96.9 Å². The van der Waals surface area contributed by atoms with Gasteiger partial charge < -0.3 is 0 Å². The summed E-state index contributed by atoms with van der Waals surface area (Å²) in [4.78, 5) is 0. The fourth-order valence-corrected chi connectivity index (χ4v) is 3.38. The maximum absolute atomic E-state index is 2.68. The van der Waals surface area contributed by atoms with Crippen molar-refractivity contribution in [3.63, 3.8) is 0 Å². The van der Waals surface area contributed by atoms with Crippen molar-refractivity contribution in [3.05, 3.63) is 66.8 Å². The van der Waals surface area contributed by atoms with Gasteiger partial charge in [-0.15, -0.1) is 11.8 Å². The van der Waals surface area contributed by atoms with E-state index in [2.05, 4.69) is 94.9 Å². The molecule has 0 unspecified atom stereocenters. The molecule has 154 valence electrons. The van der Waals surface area contributed by atoms with Crippen LogP contribution in [-0.4, -0.2) is 0 Å². The molecule has 0 bridgehead atoms. The largest absolute Gasteiger partial charge is 0.107 e. The predicted molar refractivity (Wildman–Crippen MR) is 129 cm³/mol. The van der Waals surface area contributed by atoms with E-state index in [1.54, 1.807) is 0 Å². The highest BCUT2D eigenvalue weighted by molar-refractivity contribution is 5.49. The number of hydrogen-bond acceptors (Lipinski definition) is 0. The lowest BCUT2D eigenvalue weighted by Crippen LogP contribution is -1.98. The quantitative estimate of drug-likeness (QED) is 0.406. The van der Waals surface area contributed by atoms with Crippen molar-refractivity contribution in [2.24, 2.45) is 0 Å². The van der Waals surface area contributed by atoms with E-state index in [1.807, 2.05) is 13.8 Å². The molecule has 0 atom stereocenters. The fourth-order valence-electron chi connectivity index (χ4n) is 3.38. The molecule has 0 aliphatic carbocycles. The molecule has 2 aromatic carbocycles. The second-order valence-corrected chi connectivity index (χ2v) is 8.00. The molecule has 0 aliphatic heterocycles. The van der Waals surface area contributed by atoms with Crippen LogP contribution in [0, 0.1) is 94.9 Å². The minimum atomic E-state index is 1.45. The first kappa shape index (κ1) is 26.0. The van der Waals surface area contributed by atoms with Gasteiger partial charge in [0, 0.05) is 0 Å². The van der Waals surface area contributed by atoms with Crippen LogP contribution in [0.15, 0.2) is 0 Å². The summed E-state index contributed by atoms with van der Waals surface area (Å²) in [6.45, 7) is 30.2. The predicted octanol–water partition coefficient (Wildman–Crippen LogP) is 8.10. The van der Waals surface area contributed by atoms with Crippen LogP contribution in [-0.2, 0) is 0 Å². The van der Waals surface area contributed by atoms with Gasteiger partial charge in [0.1, 0.15) is 0 Å². The van der Waals surface area contributed by atoms with Gasteiger partial charge in [0.05, 0.1) is 0 Å². The molecule has 0 amide bonds. The molecule has 0 heterocycles. The molecule has 0 radical (unpaired) electrons. The lowest BCUT2D eigenvalue weighted by Gasteiger charge is -2.15. The Kier molecular flexibility index (Phi) is 10.3. The first-order valence-corrected chi connectivity index (χ1v) is 10.2. The molecule has 2 rings (SSSR count). The summed E-state index contributed by atoms with van der Waals surface area (Å²) < 4.78 is 0. The Bertz CT molecular complexity index is 613. The lowest BCUT2D eigenvalue weighted by atomic mass is 9.90. The zero-order chi connectivity index (χ0) is 22.3. The van der Waals surface area contributed by atoms with Crippen LogP contribution < -0.4 is 0 Å². The Morgan fingerprint density at radius 2 is 0.321 bits per heavy atom. The maximum atomic E-state index is 2.68. The fraction of sp³-hybridized carbons (Fsp3) is 0.500. The Morgan fingerprint density at radius 3 is 0.357 bits per heavy atom. The molecule has 0 saturated heterocycles. The number of hydrogen-bond donors (Lipinski definition) is 0. The minimum Gasteiger partial charge on any atom is -0.107 e. The summed E-state index contributed by atoms with van der Waals surface area (Å²) in [5.74, 6) is 5.36. The van der Waals surface area contributed by atoms with Gasteiger partial charge >= 0.3 is 0 Å². The van der Waals surface area contributed by atoms with Crippen molar-refractivity contribution >= 4 is 0 Å². The molecule has 0 fully saturated rings. The van der Waals surface area contributed by atoms with E-state index >= 15 is 0 Å². The van der Waals surface area contributed by atoms with Gasteiger partial charge in [0.25, 0.3) is 0 Å². The van der Waals surface area contributed by atoms with Gasteiger partial charge in [-0.25, -0.2) is 0 Å². The summed E-state index contributed by atoms with van der Waals surface area (Å²) in [5.41, 5.74) is 17.5. The summed E-state index contributed by atoms with van der Waals surface area (Å²) in [6.07, 6.45) is 0. The van der Waals surface area contributed by atoms with E-state index in [9.17, 15) is 0 Å². The molecule has 0 nitrogen and oxygen atoms in total. The van der Waals surface area contributed by atoms with Gasteiger partial charge in [-0.3, -0.25) is 0 Å². The van der Waals surface area contributed by atoms with E-state index < -0.39 is 0 Å². The summed E-state index contributed by atoms with van der Waals surface area (Å²) >= 11 is 0. The van der Waals surface area contributed by atoms with Crippen molar-refractivity contribution in [1.82, 2.24) is 0 Å². The first-order chi connectivity index (χ1) is 12.8. The van der Waals surface area contributed by atoms with Gasteiger partial charge in [0.2, 0.25) is 0 Å². The maximum Gasteiger partial charge on any atom is -0.00271 e. The normalized spacial score (nSPS) is 9.50. The molecule has 0 N–H and O–H groups in total. The lowest BCUT2D eigenvalue weighted by molar-refractivity contribution is 1.13. The van der Waals surface area contributed by atoms with Crippen molar-refractivity contribution in [3.8, 4) is 11.8 Å². The molecule has 0 spiro atoms. The zero-order valence-corrected chi connectivity index (χ0v) is 21.0. The minimum absolute atomic E-state index is 1.45. The zero-order valence-electron chi connectivity index (χ0n) is 21.0. The summed E-state index contributed by atoms with van der Waals surface area (Å²) in [6, 6.07) is 0. The van der Waals surface area contributed by atoms with E-state index in [1.165, 1.54) is 66.8 Å². The van der Waals surface area contributed by atoms with Crippen LogP contribution in [0.3, 0.4) is 0 Å².